The SMILES string of the molecule is CC[C@H](C)NC(=O)[C@H](Cc1ccccc1)N(Cc1ccc(F)cc1)C(=O)CN(c1ccc2c(c1)OCO2)S(=O)(=O)CC. The van der Waals surface area contributed by atoms with Gasteiger partial charge in [0.2, 0.25) is 28.6 Å². The molecule has 0 bridgehead atoms. The van der Waals surface area contributed by atoms with Gasteiger partial charge in [-0.15, -0.1) is 0 Å². The lowest BCUT2D eigenvalue weighted by Gasteiger charge is -2.34. The van der Waals surface area contributed by atoms with Crippen molar-refractivity contribution in [3.05, 3.63) is 89.7 Å². The van der Waals surface area contributed by atoms with Crippen molar-refractivity contribution in [3.63, 3.8) is 0 Å². The van der Waals surface area contributed by atoms with E-state index in [4.69, 9.17) is 9.47 Å². The maximum Gasteiger partial charge on any atom is 0.244 e. The van der Waals surface area contributed by atoms with E-state index in [0.717, 1.165) is 9.87 Å². The highest BCUT2D eigenvalue weighted by atomic mass is 32.2. The number of carbonyl (C=O) groups is 2. The fourth-order valence-electron chi connectivity index (χ4n) is 4.54. The van der Waals surface area contributed by atoms with E-state index >= 15 is 0 Å². The van der Waals surface area contributed by atoms with Crippen LogP contribution in [0.2, 0.25) is 0 Å². The molecule has 0 saturated heterocycles. The van der Waals surface area contributed by atoms with Gasteiger partial charge in [-0.05, 0) is 55.7 Å². The summed E-state index contributed by atoms with van der Waals surface area (Å²) in [4.78, 5) is 29.3. The minimum absolute atomic E-state index is 0.0101. The van der Waals surface area contributed by atoms with E-state index in [1.807, 2.05) is 44.2 Å². The fraction of sp³-hybridized carbons (Fsp3) is 0.355. The van der Waals surface area contributed by atoms with Crippen molar-refractivity contribution in [1.29, 1.82) is 0 Å². The number of anilines is 1. The van der Waals surface area contributed by atoms with Crippen molar-refractivity contribution < 1.29 is 31.9 Å². The molecule has 9 nitrogen and oxygen atoms in total. The molecule has 42 heavy (non-hydrogen) atoms. The molecular weight excluding hydrogens is 561 g/mol. The van der Waals surface area contributed by atoms with Crippen molar-refractivity contribution in [2.24, 2.45) is 0 Å². The van der Waals surface area contributed by atoms with E-state index in [-0.39, 0.29) is 43.1 Å². The maximum atomic E-state index is 14.2. The molecule has 1 aliphatic heterocycles. The Kier molecular flexibility index (Phi) is 10.1. The number of ether oxygens (including phenoxy) is 2. The number of nitrogens with zero attached hydrogens (tertiary/aromatic N) is 2. The second-order valence-corrected chi connectivity index (χ2v) is 12.3. The summed E-state index contributed by atoms with van der Waals surface area (Å²) in [5.74, 6) is -0.800. The highest BCUT2D eigenvalue weighted by molar-refractivity contribution is 7.92. The topological polar surface area (TPSA) is 105 Å². The number of rotatable bonds is 13. The minimum atomic E-state index is -3.93. The predicted molar refractivity (Wildman–Crippen MR) is 158 cm³/mol. The summed E-state index contributed by atoms with van der Waals surface area (Å²) in [6.45, 7) is 4.73. The lowest BCUT2D eigenvalue weighted by molar-refractivity contribution is -0.140. The molecule has 0 aliphatic carbocycles. The standard InChI is InChI=1S/C31H36FN3O6S/c1-4-22(3)33-31(37)27(17-23-9-7-6-8-10-23)34(19-24-11-13-25(32)14-12-24)30(36)20-35(42(38,39)5-2)26-15-16-28-29(18-26)41-21-40-28/h6-16,18,22,27H,4-5,17,19-21H2,1-3H3,(H,33,37)/t22-,27-/m0/s1. The van der Waals surface area contributed by atoms with Gasteiger partial charge < -0.3 is 19.7 Å². The number of halogens is 1. The van der Waals surface area contributed by atoms with Gasteiger partial charge in [0.1, 0.15) is 18.4 Å². The smallest absolute Gasteiger partial charge is 0.244 e. The second-order valence-electron chi connectivity index (χ2n) is 10.1. The molecule has 3 aromatic carbocycles. The van der Waals surface area contributed by atoms with E-state index in [9.17, 15) is 22.4 Å². The van der Waals surface area contributed by atoms with Gasteiger partial charge in [-0.25, -0.2) is 12.8 Å². The maximum absolute atomic E-state index is 14.2. The van der Waals surface area contributed by atoms with Gasteiger partial charge in [0.05, 0.1) is 11.4 Å². The molecule has 0 saturated carbocycles. The molecule has 0 radical (unpaired) electrons. The van der Waals surface area contributed by atoms with Crippen LogP contribution in [0.1, 0.15) is 38.3 Å². The number of fused-ring (bicyclic) bond motifs is 1. The first kappa shape index (κ1) is 30.8. The highest BCUT2D eigenvalue weighted by Gasteiger charge is 2.34. The summed E-state index contributed by atoms with van der Waals surface area (Å²) in [7, 11) is -3.93. The van der Waals surface area contributed by atoms with Crippen LogP contribution >= 0.6 is 0 Å². The fourth-order valence-corrected chi connectivity index (χ4v) is 5.60. The van der Waals surface area contributed by atoms with Gasteiger partial charge >= 0.3 is 0 Å². The lowest BCUT2D eigenvalue weighted by atomic mass is 10.0. The third-order valence-electron chi connectivity index (χ3n) is 7.16. The molecule has 11 heteroatoms. The van der Waals surface area contributed by atoms with Gasteiger partial charge in [0.15, 0.2) is 11.5 Å². The van der Waals surface area contributed by atoms with Crippen LogP contribution in [0, 0.1) is 5.82 Å². The normalized spacial score (nSPS) is 13.7. The molecule has 0 spiro atoms. The van der Waals surface area contributed by atoms with Gasteiger partial charge in [-0.1, -0.05) is 49.4 Å². The summed E-state index contributed by atoms with van der Waals surface area (Å²) in [5, 5.41) is 2.98. The lowest BCUT2D eigenvalue weighted by Crippen LogP contribution is -2.54. The van der Waals surface area contributed by atoms with Crippen LogP contribution in [0.15, 0.2) is 72.8 Å². The van der Waals surface area contributed by atoms with Crippen molar-refractivity contribution in [2.75, 3.05) is 23.4 Å². The number of sulfonamides is 1. The van der Waals surface area contributed by atoms with E-state index in [2.05, 4.69) is 5.32 Å². The van der Waals surface area contributed by atoms with Gasteiger partial charge in [-0.2, -0.15) is 0 Å². The molecular formula is C31H36FN3O6S. The summed E-state index contributed by atoms with van der Waals surface area (Å²) in [6.07, 6.45) is 0.878. The van der Waals surface area contributed by atoms with Crippen LogP contribution in [0.4, 0.5) is 10.1 Å². The molecule has 0 fully saturated rings. The van der Waals surface area contributed by atoms with Crippen LogP contribution in [0.25, 0.3) is 0 Å². The molecule has 1 N–H and O–H groups in total. The predicted octanol–water partition coefficient (Wildman–Crippen LogP) is 4.27. The van der Waals surface area contributed by atoms with Crippen LogP contribution in [0.3, 0.4) is 0 Å². The number of amides is 2. The average Bonchev–Trinajstić information content (AvgIpc) is 3.47. The third-order valence-corrected chi connectivity index (χ3v) is 8.90. The Morgan fingerprint density at radius 1 is 0.952 bits per heavy atom. The van der Waals surface area contributed by atoms with Crippen molar-refractivity contribution in [1.82, 2.24) is 10.2 Å². The van der Waals surface area contributed by atoms with E-state index in [1.54, 1.807) is 24.3 Å². The monoisotopic (exact) mass is 597 g/mol. The van der Waals surface area contributed by atoms with Crippen molar-refractivity contribution >= 4 is 27.5 Å². The Labute approximate surface area is 246 Å². The number of carbonyl (C=O) groups excluding carboxylic acids is 2. The average molecular weight is 598 g/mol. The van der Waals surface area contributed by atoms with Gasteiger partial charge in [0, 0.05) is 25.1 Å². The molecule has 3 aromatic rings. The highest BCUT2D eigenvalue weighted by Crippen LogP contribution is 2.36. The summed E-state index contributed by atoms with van der Waals surface area (Å²) in [6, 6.07) is 18.5. The molecule has 0 unspecified atom stereocenters. The quantitative estimate of drug-likeness (QED) is 0.316. The molecule has 1 heterocycles. The summed E-state index contributed by atoms with van der Waals surface area (Å²) in [5.41, 5.74) is 1.65. The number of nitrogens with one attached hydrogen (secondary N) is 1. The third kappa shape index (κ3) is 7.58. The second kappa shape index (κ2) is 13.7. The number of hydrogen-bond acceptors (Lipinski definition) is 6. The number of hydrogen-bond donors (Lipinski definition) is 1. The van der Waals surface area contributed by atoms with E-state index in [1.165, 1.54) is 30.0 Å². The van der Waals surface area contributed by atoms with Crippen LogP contribution in [0.5, 0.6) is 11.5 Å². The zero-order chi connectivity index (χ0) is 30.3. The zero-order valence-corrected chi connectivity index (χ0v) is 24.8. The first-order chi connectivity index (χ1) is 20.1. The largest absolute Gasteiger partial charge is 0.454 e. The van der Waals surface area contributed by atoms with Crippen molar-refractivity contribution in [2.45, 2.75) is 52.2 Å². The first-order valence-electron chi connectivity index (χ1n) is 13.9. The summed E-state index contributed by atoms with van der Waals surface area (Å²) < 4.78 is 52.1. The molecule has 0 aromatic heterocycles. The zero-order valence-electron chi connectivity index (χ0n) is 24.0. The Hall–Kier alpha value is -4.12. The van der Waals surface area contributed by atoms with Gasteiger partial charge in [0.25, 0.3) is 0 Å². The molecule has 224 valence electrons. The molecule has 1 aliphatic rings. The van der Waals surface area contributed by atoms with Gasteiger partial charge in [-0.3, -0.25) is 13.9 Å². The van der Waals surface area contributed by atoms with E-state index in [0.29, 0.717) is 23.5 Å². The van der Waals surface area contributed by atoms with Crippen LogP contribution < -0.4 is 19.1 Å². The van der Waals surface area contributed by atoms with Crippen LogP contribution in [-0.4, -0.2) is 56.3 Å². The molecule has 4 rings (SSSR count). The molecule has 2 amide bonds. The first-order valence-corrected chi connectivity index (χ1v) is 15.5. The molecule has 2 atom stereocenters. The Balaban J connectivity index is 1.74. The Morgan fingerprint density at radius 3 is 2.31 bits per heavy atom. The van der Waals surface area contributed by atoms with Crippen LogP contribution in [-0.2, 0) is 32.6 Å². The van der Waals surface area contributed by atoms with E-state index < -0.39 is 34.3 Å². The minimum Gasteiger partial charge on any atom is -0.454 e. The summed E-state index contributed by atoms with van der Waals surface area (Å²) >= 11 is 0. The Morgan fingerprint density at radius 2 is 1.64 bits per heavy atom. The Bertz CT molecular complexity index is 1480. The number of benzene rings is 3. The van der Waals surface area contributed by atoms with Crippen molar-refractivity contribution in [3.8, 4) is 11.5 Å².